The predicted octanol–water partition coefficient (Wildman–Crippen LogP) is 16.5. The molecule has 0 radical (unpaired) electrons. The average Bonchev–Trinajstić information content (AvgIpc) is 1.63. The van der Waals surface area contributed by atoms with Gasteiger partial charge in [-0.05, 0) is 149 Å². The third-order valence-corrected chi connectivity index (χ3v) is 18.7. The lowest BCUT2D eigenvalue weighted by molar-refractivity contribution is -0.237. The molecule has 0 atom stereocenters. The Morgan fingerprint density at radius 2 is 0.390 bits per heavy atom. The molecule has 4 fully saturated rings. The van der Waals surface area contributed by atoms with Crippen LogP contribution in [0.3, 0.4) is 0 Å². The molecular weight excluding hydrogens is 1020 g/mol. The average molecular weight is 1070 g/mol. The molecular formula is C74H56O8. The Kier molecular flexibility index (Phi) is 11.6. The van der Waals surface area contributed by atoms with E-state index in [4.69, 9.17) is 18.9 Å². The predicted molar refractivity (Wildman–Crippen MR) is 322 cm³/mol. The Hall–Kier alpha value is -9.40. The van der Waals surface area contributed by atoms with E-state index < -0.39 is 45.5 Å². The molecule has 0 unspecified atom stereocenters. The molecule has 0 spiro atoms. The summed E-state index contributed by atoms with van der Waals surface area (Å²) in [5.74, 6) is -2.30. The first-order valence-corrected chi connectivity index (χ1v) is 28.4. The van der Waals surface area contributed by atoms with Crippen LogP contribution in [0.5, 0.6) is 0 Å². The minimum Gasteiger partial charge on any atom is -0.460 e. The summed E-state index contributed by atoms with van der Waals surface area (Å²) in [4.78, 5) is 63.9. The molecule has 12 aromatic rings. The van der Waals surface area contributed by atoms with E-state index in [1.54, 1.807) is 0 Å². The lowest BCUT2D eigenvalue weighted by Gasteiger charge is -2.66. The first kappa shape index (κ1) is 49.6. The van der Waals surface area contributed by atoms with Crippen molar-refractivity contribution in [1.82, 2.24) is 0 Å². The summed E-state index contributed by atoms with van der Waals surface area (Å²) in [7, 11) is 0. The number of benzene rings is 12. The van der Waals surface area contributed by atoms with Gasteiger partial charge in [-0.3, -0.25) is 19.2 Å². The van der Waals surface area contributed by atoms with Crippen LogP contribution in [0.1, 0.15) is 60.8 Å². The Bertz CT molecular complexity index is 3830. The van der Waals surface area contributed by atoms with Crippen molar-refractivity contribution in [1.29, 1.82) is 0 Å². The lowest BCUT2D eigenvalue weighted by Crippen LogP contribution is -2.69. The minimum atomic E-state index is -1.52. The maximum atomic E-state index is 16.0. The van der Waals surface area contributed by atoms with Crippen molar-refractivity contribution >= 4 is 110 Å². The van der Waals surface area contributed by atoms with E-state index in [2.05, 4.69) is 72.8 Å². The first-order chi connectivity index (χ1) is 40.1. The van der Waals surface area contributed by atoms with Crippen LogP contribution >= 0.6 is 0 Å². The highest BCUT2D eigenvalue weighted by atomic mass is 16.5. The van der Waals surface area contributed by atoms with Crippen molar-refractivity contribution in [3.05, 3.63) is 241 Å². The number of carbonyl (C=O) groups is 4. The molecule has 400 valence electrons. The van der Waals surface area contributed by atoms with Crippen LogP contribution < -0.4 is 0 Å². The van der Waals surface area contributed by atoms with Gasteiger partial charge in [0.15, 0.2) is 0 Å². The molecule has 12 aromatic carbocycles. The van der Waals surface area contributed by atoms with Crippen LogP contribution in [0, 0.1) is 21.7 Å². The van der Waals surface area contributed by atoms with Crippen molar-refractivity contribution in [3.63, 3.8) is 0 Å². The minimum absolute atomic E-state index is 0.0101. The Balaban J connectivity index is 0.861. The van der Waals surface area contributed by atoms with E-state index in [0.29, 0.717) is 0 Å². The van der Waals surface area contributed by atoms with Gasteiger partial charge in [0, 0.05) is 22.3 Å². The van der Waals surface area contributed by atoms with Gasteiger partial charge in [-0.15, -0.1) is 0 Å². The van der Waals surface area contributed by atoms with E-state index in [1.807, 2.05) is 146 Å². The third kappa shape index (κ3) is 8.01. The summed E-state index contributed by atoms with van der Waals surface area (Å²) >= 11 is 0. The quantitative estimate of drug-likeness (QED) is 0.0677. The van der Waals surface area contributed by atoms with Crippen LogP contribution in [0.4, 0.5) is 0 Å². The highest BCUT2D eigenvalue weighted by molar-refractivity contribution is 6.06. The van der Waals surface area contributed by atoms with Crippen LogP contribution in [-0.2, 0) is 64.6 Å². The molecule has 0 aromatic heterocycles. The number of fused-ring (bicyclic) bond motifs is 8. The van der Waals surface area contributed by atoms with E-state index >= 15 is 19.2 Å². The fourth-order valence-electron chi connectivity index (χ4n) is 15.7. The van der Waals surface area contributed by atoms with E-state index in [1.165, 1.54) is 0 Å². The largest absolute Gasteiger partial charge is 0.460 e. The number of esters is 4. The van der Waals surface area contributed by atoms with E-state index in [9.17, 15) is 0 Å². The number of rotatable bonds is 12. The lowest BCUT2D eigenvalue weighted by atomic mass is 9.35. The molecule has 82 heavy (non-hydrogen) atoms. The summed E-state index contributed by atoms with van der Waals surface area (Å²) < 4.78 is 26.7. The van der Waals surface area contributed by atoms with Gasteiger partial charge in [-0.25, -0.2) is 0 Å². The molecule has 16 rings (SSSR count). The molecule has 0 aliphatic heterocycles. The molecule has 0 amide bonds. The fraction of sp³-hybridized carbons (Fsp3) is 0.189. The highest BCUT2D eigenvalue weighted by Gasteiger charge is 2.77. The standard InChI is InChI=1S/C74H56O8/c75-67(79-37-63-55-25-9-1-17-47(55)33-48-18-2-10-26-56(48)63)71-41-72(68(76)80-38-64-57-27-11-3-19-49(57)34-50-20-4-12-28-58(50)64)44-73(42-71,69(77)81-39-65-59-29-13-5-21-51(59)35-52-22-6-14-30-60(52)65)46-74(43-71,45-72)70(78)82-40-66-61-31-15-7-23-53(61)36-54-24-8-16-32-62(54)66/h1-36H,37-46H2. The van der Waals surface area contributed by atoms with Gasteiger partial charge in [-0.1, -0.05) is 194 Å². The molecule has 0 N–H and O–H groups in total. The van der Waals surface area contributed by atoms with Crippen LogP contribution in [0.25, 0.3) is 86.2 Å². The van der Waals surface area contributed by atoms with E-state index in [-0.39, 0.29) is 65.0 Å². The van der Waals surface area contributed by atoms with E-state index in [0.717, 1.165) is 108 Å². The second-order valence-electron chi connectivity index (χ2n) is 23.7. The molecule has 8 nitrogen and oxygen atoms in total. The Labute approximate surface area is 473 Å². The Morgan fingerprint density at radius 3 is 0.549 bits per heavy atom. The number of hydrogen-bond acceptors (Lipinski definition) is 8. The summed E-state index contributed by atoms with van der Waals surface area (Å²) in [6.45, 7) is -0.312. The topological polar surface area (TPSA) is 105 Å². The molecule has 0 saturated heterocycles. The molecule has 4 aliphatic rings. The SMILES string of the molecule is O=C(OCc1c2ccccc2cc2ccccc12)C12CC3(C(=O)OCc4c5ccccc5cc5ccccc45)CC(C(=O)OCc4c5ccccc5cc5ccccc45)(C1)CC(C(=O)OCc1c4ccccc4cc4ccccc14)(C2)C3. The van der Waals surface area contributed by atoms with Gasteiger partial charge in [0.1, 0.15) is 26.4 Å². The summed E-state index contributed by atoms with van der Waals surface area (Å²) in [6.07, 6.45) is 0.0608. The highest BCUT2D eigenvalue weighted by Crippen LogP contribution is 2.75. The van der Waals surface area contributed by atoms with Crippen LogP contribution in [0.15, 0.2) is 218 Å². The second-order valence-corrected chi connectivity index (χ2v) is 23.7. The van der Waals surface area contributed by atoms with Crippen LogP contribution in [0.2, 0.25) is 0 Å². The van der Waals surface area contributed by atoms with Crippen molar-refractivity contribution in [2.24, 2.45) is 21.7 Å². The van der Waals surface area contributed by atoms with Crippen molar-refractivity contribution in [2.75, 3.05) is 0 Å². The van der Waals surface area contributed by atoms with Crippen molar-refractivity contribution < 1.29 is 38.1 Å². The van der Waals surface area contributed by atoms with Gasteiger partial charge < -0.3 is 18.9 Å². The molecule has 8 heteroatoms. The molecule has 0 heterocycles. The monoisotopic (exact) mass is 1070 g/mol. The number of hydrogen-bond donors (Lipinski definition) is 0. The first-order valence-electron chi connectivity index (χ1n) is 28.4. The second kappa shape index (κ2) is 19.1. The van der Waals surface area contributed by atoms with Gasteiger partial charge >= 0.3 is 23.9 Å². The van der Waals surface area contributed by atoms with Gasteiger partial charge in [0.05, 0.1) is 21.7 Å². The summed E-state index contributed by atoms with van der Waals surface area (Å²) in [5, 5.41) is 15.6. The van der Waals surface area contributed by atoms with Crippen molar-refractivity contribution in [3.8, 4) is 0 Å². The number of ether oxygens (including phenoxy) is 4. The molecule has 4 bridgehead atoms. The van der Waals surface area contributed by atoms with Gasteiger partial charge in [0.2, 0.25) is 0 Å². The number of carbonyl (C=O) groups excluding carboxylic acids is 4. The zero-order valence-corrected chi connectivity index (χ0v) is 45.1. The molecule has 4 saturated carbocycles. The van der Waals surface area contributed by atoms with Crippen LogP contribution in [-0.4, -0.2) is 23.9 Å². The zero-order chi connectivity index (χ0) is 55.2. The molecule has 4 aliphatic carbocycles. The summed E-state index contributed by atoms with van der Waals surface area (Å²) in [5.41, 5.74) is -2.69. The third-order valence-electron chi connectivity index (χ3n) is 18.7. The Morgan fingerprint density at radius 1 is 0.244 bits per heavy atom. The maximum absolute atomic E-state index is 16.0. The smallest absolute Gasteiger partial charge is 0.312 e. The van der Waals surface area contributed by atoms with Crippen molar-refractivity contribution in [2.45, 2.75) is 65.0 Å². The van der Waals surface area contributed by atoms with Gasteiger partial charge in [0.25, 0.3) is 0 Å². The summed E-state index contributed by atoms with van der Waals surface area (Å²) in [6, 6.07) is 73.0. The normalized spacial score (nSPS) is 21.0. The zero-order valence-electron chi connectivity index (χ0n) is 45.1. The van der Waals surface area contributed by atoms with Gasteiger partial charge in [-0.2, -0.15) is 0 Å². The fourth-order valence-corrected chi connectivity index (χ4v) is 15.7. The maximum Gasteiger partial charge on any atom is 0.312 e.